The molecule has 42 heavy (non-hydrogen) atoms. The summed E-state index contributed by atoms with van der Waals surface area (Å²) in [5, 5.41) is 11.7. The molecule has 0 saturated carbocycles. The number of amides is 2. The van der Waals surface area contributed by atoms with E-state index in [1.807, 2.05) is 6.92 Å². The van der Waals surface area contributed by atoms with Crippen molar-refractivity contribution in [1.29, 1.82) is 0 Å². The molecule has 2 fully saturated rings. The first-order valence-corrected chi connectivity index (χ1v) is 15.5. The van der Waals surface area contributed by atoms with Crippen molar-refractivity contribution in [3.8, 4) is 0 Å². The van der Waals surface area contributed by atoms with Crippen LogP contribution in [0, 0.1) is 0 Å². The summed E-state index contributed by atoms with van der Waals surface area (Å²) in [6, 6.07) is 12.5. The molecule has 0 aromatic heterocycles. The van der Waals surface area contributed by atoms with Gasteiger partial charge in [-0.15, -0.1) is 0 Å². The number of aliphatic hydroxyl groups is 1. The summed E-state index contributed by atoms with van der Waals surface area (Å²) < 4.78 is 31.7. The molecule has 0 radical (unpaired) electrons. The van der Waals surface area contributed by atoms with Crippen molar-refractivity contribution in [1.82, 2.24) is 14.1 Å². The highest BCUT2D eigenvalue weighted by atomic mass is 32.2. The molecule has 2 saturated heterocycles. The van der Waals surface area contributed by atoms with E-state index in [1.165, 1.54) is 43.3 Å². The molecule has 0 aliphatic carbocycles. The lowest BCUT2D eigenvalue weighted by Crippen LogP contribution is -2.54. The fraction of sp³-hybridized carbons (Fsp3) is 0.433. The third kappa shape index (κ3) is 4.72. The number of carbonyl (C=O) groups excluding carboxylic acids is 3. The summed E-state index contributed by atoms with van der Waals surface area (Å²) in [6.45, 7) is 5.32. The Kier molecular flexibility index (Phi) is 8.26. The van der Waals surface area contributed by atoms with E-state index in [4.69, 9.17) is 4.74 Å². The molecule has 2 amide bonds. The number of sulfonamides is 1. The standard InChI is InChI=1S/C30H36N4O7S/c1-4-5-14-33-24-9-7-6-8-23(24)30(29(33)38)25(26(35)21-10-12-22(13-11-21)42(39,40)31(2)3)27(36)28(37)34(30)16-15-32-17-19-41-20-18-32/h6-13,35H,4-5,14-20H2,1-3H3/t30-/m0/s1. The van der Waals surface area contributed by atoms with Gasteiger partial charge in [-0.25, -0.2) is 12.7 Å². The van der Waals surface area contributed by atoms with Gasteiger partial charge >= 0.3 is 0 Å². The molecular weight excluding hydrogens is 560 g/mol. The summed E-state index contributed by atoms with van der Waals surface area (Å²) in [5.41, 5.74) is -0.999. The van der Waals surface area contributed by atoms with Gasteiger partial charge in [0.15, 0.2) is 5.54 Å². The Morgan fingerprint density at radius 3 is 2.29 bits per heavy atom. The second-order valence-electron chi connectivity index (χ2n) is 10.8. The minimum absolute atomic E-state index is 0.00208. The van der Waals surface area contributed by atoms with Crippen LogP contribution in [0.4, 0.5) is 5.69 Å². The Balaban J connectivity index is 1.68. The molecule has 1 atom stereocenters. The zero-order valence-electron chi connectivity index (χ0n) is 24.1. The lowest BCUT2D eigenvalue weighted by molar-refractivity contribution is -0.144. The number of ether oxygens (including phenoxy) is 1. The molecule has 1 spiro atoms. The first kappa shape index (κ1) is 29.9. The number of fused-ring (bicyclic) bond motifs is 2. The van der Waals surface area contributed by atoms with Crippen molar-refractivity contribution >= 4 is 39.1 Å². The zero-order valence-corrected chi connectivity index (χ0v) is 24.9. The quantitative estimate of drug-likeness (QED) is 0.265. The zero-order chi connectivity index (χ0) is 30.2. The first-order valence-electron chi connectivity index (χ1n) is 14.1. The number of unbranched alkanes of at least 4 members (excludes halogenated alkanes) is 1. The number of nitrogens with zero attached hydrogens (tertiary/aromatic N) is 4. The second kappa shape index (κ2) is 11.6. The summed E-state index contributed by atoms with van der Waals surface area (Å²) >= 11 is 0. The number of carbonyl (C=O) groups is 3. The largest absolute Gasteiger partial charge is 0.507 e. The van der Waals surface area contributed by atoms with Gasteiger partial charge in [0.05, 0.1) is 29.4 Å². The van der Waals surface area contributed by atoms with Crippen molar-refractivity contribution in [3.05, 3.63) is 65.2 Å². The number of morpholine rings is 1. The van der Waals surface area contributed by atoms with Gasteiger partial charge in [-0.3, -0.25) is 19.3 Å². The van der Waals surface area contributed by atoms with Gasteiger partial charge in [-0.2, -0.15) is 0 Å². The normalized spacial score (nSPS) is 22.5. The number of benzene rings is 2. The maximum atomic E-state index is 14.6. The average Bonchev–Trinajstić information content (AvgIpc) is 3.37. The third-order valence-corrected chi connectivity index (χ3v) is 10.0. The van der Waals surface area contributed by atoms with Crippen LogP contribution in [0.1, 0.15) is 30.9 Å². The third-order valence-electron chi connectivity index (χ3n) is 8.19. The molecule has 2 aromatic rings. The minimum Gasteiger partial charge on any atom is -0.507 e. The molecule has 2 aromatic carbocycles. The number of hydrogen-bond donors (Lipinski definition) is 1. The number of rotatable bonds is 9. The van der Waals surface area contributed by atoms with E-state index in [9.17, 15) is 27.9 Å². The Labute approximate surface area is 246 Å². The lowest BCUT2D eigenvalue weighted by atomic mass is 9.82. The van der Waals surface area contributed by atoms with Crippen LogP contribution in [-0.2, 0) is 34.7 Å². The summed E-state index contributed by atoms with van der Waals surface area (Å²) in [7, 11) is -0.918. The van der Waals surface area contributed by atoms with Gasteiger partial charge in [-0.1, -0.05) is 31.5 Å². The van der Waals surface area contributed by atoms with E-state index in [-0.39, 0.29) is 22.6 Å². The molecular formula is C30H36N4O7S. The highest BCUT2D eigenvalue weighted by molar-refractivity contribution is 7.89. The van der Waals surface area contributed by atoms with Crippen molar-refractivity contribution in [2.24, 2.45) is 0 Å². The monoisotopic (exact) mass is 596 g/mol. The number of ketones is 1. The van der Waals surface area contributed by atoms with Crippen molar-refractivity contribution in [2.45, 2.75) is 30.2 Å². The van der Waals surface area contributed by atoms with E-state index in [0.717, 1.165) is 10.7 Å². The number of aliphatic hydroxyl groups excluding tert-OH is 1. The van der Waals surface area contributed by atoms with Gasteiger partial charge in [0.2, 0.25) is 10.0 Å². The summed E-state index contributed by atoms with van der Waals surface area (Å²) in [5.74, 6) is -2.82. The highest BCUT2D eigenvalue weighted by Crippen LogP contribution is 2.53. The van der Waals surface area contributed by atoms with Crippen molar-refractivity contribution in [2.75, 3.05) is 64.9 Å². The van der Waals surface area contributed by atoms with Gasteiger partial charge in [0.25, 0.3) is 17.6 Å². The van der Waals surface area contributed by atoms with E-state index in [1.54, 1.807) is 29.2 Å². The molecule has 3 heterocycles. The molecule has 224 valence electrons. The fourth-order valence-corrected chi connectivity index (χ4v) is 6.81. The smallest absolute Gasteiger partial charge is 0.296 e. The number of para-hydroxylation sites is 1. The van der Waals surface area contributed by atoms with Crippen LogP contribution in [0.3, 0.4) is 0 Å². The van der Waals surface area contributed by atoms with E-state index < -0.39 is 38.9 Å². The Morgan fingerprint density at radius 2 is 1.64 bits per heavy atom. The van der Waals surface area contributed by atoms with E-state index in [2.05, 4.69) is 4.90 Å². The number of anilines is 1. The second-order valence-corrected chi connectivity index (χ2v) is 13.0. The summed E-state index contributed by atoms with van der Waals surface area (Å²) in [6.07, 6.45) is 1.53. The van der Waals surface area contributed by atoms with Crippen LogP contribution in [-0.4, -0.2) is 105 Å². The molecule has 1 N–H and O–H groups in total. The SMILES string of the molecule is CCCCN1C(=O)[C@@]2(C(=C(O)c3ccc(S(=O)(=O)N(C)C)cc3)C(=O)C(=O)N2CCN2CCOCC2)c2ccccc21. The van der Waals surface area contributed by atoms with Crippen LogP contribution in [0.5, 0.6) is 0 Å². The highest BCUT2D eigenvalue weighted by Gasteiger charge is 2.67. The van der Waals surface area contributed by atoms with Gasteiger partial charge in [0, 0.05) is 57.9 Å². The topological polar surface area (TPSA) is 128 Å². The molecule has 5 rings (SSSR count). The lowest BCUT2D eigenvalue weighted by Gasteiger charge is -2.36. The molecule has 3 aliphatic rings. The van der Waals surface area contributed by atoms with Crippen LogP contribution < -0.4 is 4.90 Å². The van der Waals surface area contributed by atoms with Crippen LogP contribution in [0.25, 0.3) is 5.76 Å². The first-order chi connectivity index (χ1) is 20.1. The van der Waals surface area contributed by atoms with Crippen LogP contribution in [0.15, 0.2) is 59.0 Å². The number of hydrogen-bond acceptors (Lipinski definition) is 8. The Bertz CT molecular complexity index is 1530. The number of likely N-dealkylation sites (tertiary alicyclic amines) is 1. The summed E-state index contributed by atoms with van der Waals surface area (Å²) in [4.78, 5) is 47.2. The van der Waals surface area contributed by atoms with E-state index in [0.29, 0.717) is 57.1 Å². The minimum atomic E-state index is -3.74. The molecule has 11 nitrogen and oxygen atoms in total. The van der Waals surface area contributed by atoms with Crippen LogP contribution >= 0.6 is 0 Å². The van der Waals surface area contributed by atoms with Gasteiger partial charge < -0.3 is 19.6 Å². The Morgan fingerprint density at radius 1 is 0.976 bits per heavy atom. The predicted molar refractivity (Wildman–Crippen MR) is 156 cm³/mol. The number of Topliss-reactive ketones (excluding diaryl/α,β-unsaturated/α-hetero) is 1. The van der Waals surface area contributed by atoms with Crippen molar-refractivity contribution in [3.63, 3.8) is 0 Å². The fourth-order valence-electron chi connectivity index (χ4n) is 5.91. The van der Waals surface area contributed by atoms with Gasteiger partial charge in [-0.05, 0) is 36.8 Å². The predicted octanol–water partition coefficient (Wildman–Crippen LogP) is 1.99. The van der Waals surface area contributed by atoms with Gasteiger partial charge in [0.1, 0.15) is 5.76 Å². The Hall–Kier alpha value is -3.58. The average molecular weight is 597 g/mol. The van der Waals surface area contributed by atoms with Crippen molar-refractivity contribution < 1.29 is 32.6 Å². The molecule has 12 heteroatoms. The molecule has 0 unspecified atom stereocenters. The van der Waals surface area contributed by atoms with Crippen LogP contribution in [0.2, 0.25) is 0 Å². The maximum Gasteiger partial charge on any atom is 0.296 e. The molecule has 0 bridgehead atoms. The van der Waals surface area contributed by atoms with E-state index >= 15 is 0 Å². The molecule has 3 aliphatic heterocycles. The maximum absolute atomic E-state index is 14.6.